The van der Waals surface area contributed by atoms with E-state index in [4.69, 9.17) is 4.74 Å². The molecule has 0 saturated carbocycles. The van der Waals surface area contributed by atoms with E-state index in [1.54, 1.807) is 0 Å². The summed E-state index contributed by atoms with van der Waals surface area (Å²) in [5, 5.41) is 2.73. The van der Waals surface area contributed by atoms with Crippen molar-refractivity contribution < 1.29 is 9.53 Å². The molecule has 1 N–H and O–H groups in total. The number of amides is 1. The summed E-state index contributed by atoms with van der Waals surface area (Å²) < 4.78 is 5.36. The fraction of sp³-hybridized carbons (Fsp3) is 0.800. The highest BCUT2D eigenvalue weighted by Crippen LogP contribution is 2.11. The Kier molecular flexibility index (Phi) is 17.2. The van der Waals surface area contributed by atoms with Crippen molar-refractivity contribution in [2.24, 2.45) is 0 Å². The van der Waals surface area contributed by atoms with E-state index in [1.807, 2.05) is 26.8 Å². The maximum atomic E-state index is 11.4. The van der Waals surface area contributed by atoms with Gasteiger partial charge in [0.05, 0.1) is 0 Å². The highest BCUT2D eigenvalue weighted by molar-refractivity contribution is 5.67. The number of carbonyl (C=O) groups excluding carboxylic acids is 1. The monoisotopic (exact) mass is 257 g/mol. The molecule has 1 unspecified atom stereocenters. The Labute approximate surface area is 113 Å². The van der Waals surface area contributed by atoms with Crippen molar-refractivity contribution in [1.29, 1.82) is 0 Å². The van der Waals surface area contributed by atoms with E-state index in [0.717, 1.165) is 38.5 Å². The quantitative estimate of drug-likeness (QED) is 0.609. The zero-order valence-electron chi connectivity index (χ0n) is 12.6. The van der Waals surface area contributed by atoms with E-state index < -0.39 is 0 Å². The molecule has 0 aromatic carbocycles. The largest absolute Gasteiger partial charge is 0.446 e. The van der Waals surface area contributed by atoms with Crippen LogP contribution in [0, 0.1) is 0 Å². The van der Waals surface area contributed by atoms with Crippen LogP contribution in [0.2, 0.25) is 0 Å². The Morgan fingerprint density at radius 1 is 1.28 bits per heavy atom. The molecule has 0 aromatic heterocycles. The van der Waals surface area contributed by atoms with Gasteiger partial charge in [0.25, 0.3) is 0 Å². The van der Waals surface area contributed by atoms with Gasteiger partial charge in [0.2, 0.25) is 0 Å². The molecule has 0 spiro atoms. The molecule has 0 saturated heterocycles. The fourth-order valence-corrected chi connectivity index (χ4v) is 1.42. The first kappa shape index (κ1) is 19.4. The van der Waals surface area contributed by atoms with Crippen LogP contribution < -0.4 is 5.32 Å². The van der Waals surface area contributed by atoms with Crippen molar-refractivity contribution in [3.8, 4) is 0 Å². The number of allylic oxidation sites excluding steroid dienone is 1. The molecule has 18 heavy (non-hydrogen) atoms. The highest BCUT2D eigenvalue weighted by atomic mass is 16.6. The van der Waals surface area contributed by atoms with Crippen molar-refractivity contribution >= 4 is 6.09 Å². The van der Waals surface area contributed by atoms with Gasteiger partial charge in [-0.15, -0.1) is 6.58 Å². The Morgan fingerprint density at radius 3 is 2.44 bits per heavy atom. The molecule has 3 nitrogen and oxygen atoms in total. The topological polar surface area (TPSA) is 38.3 Å². The lowest BCUT2D eigenvalue weighted by Crippen LogP contribution is -2.29. The number of ether oxygens (including phenoxy) is 1. The third-order valence-electron chi connectivity index (χ3n) is 2.37. The second-order valence-corrected chi connectivity index (χ2v) is 3.96. The third kappa shape index (κ3) is 13.1. The molecule has 0 bridgehead atoms. The minimum absolute atomic E-state index is 0.0369. The second kappa shape index (κ2) is 16.0. The molecule has 1 atom stereocenters. The minimum atomic E-state index is -0.285. The van der Waals surface area contributed by atoms with Crippen LogP contribution in [0.4, 0.5) is 4.79 Å². The van der Waals surface area contributed by atoms with Crippen LogP contribution in [0.3, 0.4) is 0 Å². The summed E-state index contributed by atoms with van der Waals surface area (Å²) in [5.41, 5.74) is 0. The van der Waals surface area contributed by atoms with Gasteiger partial charge >= 0.3 is 6.09 Å². The van der Waals surface area contributed by atoms with Crippen molar-refractivity contribution in [2.45, 2.75) is 72.3 Å². The molecule has 1 amide bonds. The molecule has 0 fully saturated rings. The summed E-state index contributed by atoms with van der Waals surface area (Å²) >= 11 is 0. The smallest absolute Gasteiger partial charge is 0.407 e. The molecule has 108 valence electrons. The van der Waals surface area contributed by atoms with Crippen molar-refractivity contribution in [3.05, 3.63) is 12.7 Å². The van der Waals surface area contributed by atoms with Crippen LogP contribution in [-0.2, 0) is 4.74 Å². The zero-order valence-corrected chi connectivity index (χ0v) is 12.6. The van der Waals surface area contributed by atoms with Crippen LogP contribution in [0.1, 0.15) is 66.2 Å². The van der Waals surface area contributed by atoms with Gasteiger partial charge in [0.1, 0.15) is 6.10 Å². The zero-order chi connectivity index (χ0) is 14.2. The first-order valence-electron chi connectivity index (χ1n) is 7.29. The molecule has 0 aromatic rings. The first-order valence-corrected chi connectivity index (χ1v) is 7.29. The van der Waals surface area contributed by atoms with Gasteiger partial charge in [-0.2, -0.15) is 0 Å². The van der Waals surface area contributed by atoms with E-state index in [9.17, 15) is 4.79 Å². The summed E-state index contributed by atoms with van der Waals surface area (Å²) in [6.45, 7) is 12.5. The van der Waals surface area contributed by atoms with Crippen molar-refractivity contribution in [1.82, 2.24) is 5.32 Å². The maximum Gasteiger partial charge on any atom is 0.407 e. The Morgan fingerprint density at radius 2 is 1.94 bits per heavy atom. The van der Waals surface area contributed by atoms with Crippen LogP contribution >= 0.6 is 0 Å². The molecule has 0 rings (SSSR count). The number of rotatable bonds is 9. The van der Waals surface area contributed by atoms with Crippen LogP contribution in [0.25, 0.3) is 0 Å². The standard InChI is InChI=1S/C13H25NO2.C2H6/c1-4-7-9-12(10-8-5-2)16-13(15)14-11-6-3;1-2/h4,12H,1,5-11H2,2-3H3,(H,14,15);1-2H3. The molecular formula is C15H31NO2. The molecule has 0 aliphatic heterocycles. The van der Waals surface area contributed by atoms with Crippen molar-refractivity contribution in [3.63, 3.8) is 0 Å². The predicted octanol–water partition coefficient (Wildman–Crippen LogP) is 4.67. The average Bonchev–Trinajstić information content (AvgIpc) is 2.41. The number of hydrogen-bond acceptors (Lipinski definition) is 2. The lowest BCUT2D eigenvalue weighted by atomic mass is 10.1. The van der Waals surface area contributed by atoms with Gasteiger partial charge in [-0.05, 0) is 25.7 Å². The number of hydrogen-bond donors (Lipinski definition) is 1. The average molecular weight is 257 g/mol. The summed E-state index contributed by atoms with van der Waals surface area (Å²) in [4.78, 5) is 11.4. The van der Waals surface area contributed by atoms with Crippen LogP contribution in [-0.4, -0.2) is 18.7 Å². The molecule has 3 heteroatoms. The summed E-state index contributed by atoms with van der Waals surface area (Å²) in [6, 6.07) is 0. The number of carbonyl (C=O) groups is 1. The summed E-state index contributed by atoms with van der Waals surface area (Å²) in [5.74, 6) is 0. The Hall–Kier alpha value is -0.990. The van der Waals surface area contributed by atoms with E-state index in [2.05, 4.69) is 18.8 Å². The van der Waals surface area contributed by atoms with E-state index in [1.165, 1.54) is 0 Å². The van der Waals surface area contributed by atoms with E-state index >= 15 is 0 Å². The van der Waals surface area contributed by atoms with Gasteiger partial charge in [0, 0.05) is 6.54 Å². The van der Waals surface area contributed by atoms with Gasteiger partial charge in [0.15, 0.2) is 0 Å². The molecule has 0 aliphatic rings. The summed E-state index contributed by atoms with van der Waals surface area (Å²) in [6.07, 6.45) is 7.51. The molecule has 0 radical (unpaired) electrons. The highest BCUT2D eigenvalue weighted by Gasteiger charge is 2.12. The van der Waals surface area contributed by atoms with Gasteiger partial charge in [-0.3, -0.25) is 0 Å². The van der Waals surface area contributed by atoms with Gasteiger partial charge in [-0.25, -0.2) is 4.79 Å². The van der Waals surface area contributed by atoms with E-state index in [0.29, 0.717) is 6.54 Å². The van der Waals surface area contributed by atoms with E-state index in [-0.39, 0.29) is 12.2 Å². The van der Waals surface area contributed by atoms with Gasteiger partial charge in [-0.1, -0.05) is 46.6 Å². The van der Waals surface area contributed by atoms with Crippen LogP contribution in [0.5, 0.6) is 0 Å². The predicted molar refractivity (Wildman–Crippen MR) is 78.9 cm³/mol. The summed E-state index contributed by atoms with van der Waals surface area (Å²) in [7, 11) is 0. The number of unbranched alkanes of at least 4 members (excludes halogenated alkanes) is 1. The maximum absolute atomic E-state index is 11.4. The second-order valence-electron chi connectivity index (χ2n) is 3.96. The third-order valence-corrected chi connectivity index (χ3v) is 2.37. The first-order chi connectivity index (χ1) is 8.74. The number of alkyl carbamates (subject to hydrolysis) is 1. The van der Waals surface area contributed by atoms with Gasteiger partial charge < -0.3 is 10.1 Å². The van der Waals surface area contributed by atoms with Crippen LogP contribution in [0.15, 0.2) is 12.7 Å². The SMILES string of the molecule is C=CCCC(CCCC)OC(=O)NCCC.CC. The number of nitrogens with one attached hydrogen (secondary N) is 1. The fourth-order valence-electron chi connectivity index (χ4n) is 1.42. The molecular weight excluding hydrogens is 226 g/mol. The normalized spacial score (nSPS) is 10.9. The van der Waals surface area contributed by atoms with Crippen molar-refractivity contribution in [2.75, 3.05) is 6.54 Å². The minimum Gasteiger partial charge on any atom is -0.446 e. The molecule has 0 aliphatic carbocycles. The lowest BCUT2D eigenvalue weighted by molar-refractivity contribution is 0.0868. The Bertz CT molecular complexity index is 193. The lowest BCUT2D eigenvalue weighted by Gasteiger charge is -2.17. The Balaban J connectivity index is 0. The molecule has 0 heterocycles.